The first-order valence-electron chi connectivity index (χ1n) is 7.15. The second-order valence-corrected chi connectivity index (χ2v) is 5.87. The smallest absolute Gasteiger partial charge is 0.407 e. The van der Waals surface area contributed by atoms with Crippen LogP contribution in [0.5, 0.6) is 0 Å². The molecule has 0 atom stereocenters. The Labute approximate surface area is 138 Å². The zero-order chi connectivity index (χ0) is 18.3. The highest BCUT2D eigenvalue weighted by atomic mass is 19.1. The number of carboxylic acid groups (broad SMARTS) is 1. The number of nitrogens with one attached hydrogen (secondary N) is 1. The quantitative estimate of drug-likeness (QED) is 0.468. The maximum Gasteiger partial charge on any atom is 0.407 e. The van der Waals surface area contributed by atoms with Crippen molar-refractivity contribution in [2.75, 3.05) is 6.54 Å². The topological polar surface area (TPSA) is 106 Å². The first kappa shape index (κ1) is 19.3. The van der Waals surface area contributed by atoms with Crippen LogP contribution >= 0.6 is 0 Å². The van der Waals surface area contributed by atoms with Crippen molar-refractivity contribution in [3.8, 4) is 0 Å². The van der Waals surface area contributed by atoms with E-state index in [0.717, 1.165) is 18.3 Å². The summed E-state index contributed by atoms with van der Waals surface area (Å²) in [5.74, 6) is -2.69. The standard InChI is InChI=1S/C16H19FN2O5/c1-16(2,3)24-15(23)18-7-6-13(20)12(14(21)22)8-11-5-4-10(17)9-19-11/h4-5,8-9H,6-7H2,1-3H3,(H,18,23)(H,21,22)/b12-8+. The lowest BCUT2D eigenvalue weighted by Crippen LogP contribution is -2.33. The molecule has 7 nitrogen and oxygen atoms in total. The number of aliphatic carboxylic acids is 1. The van der Waals surface area contributed by atoms with Gasteiger partial charge in [0.25, 0.3) is 0 Å². The predicted molar refractivity (Wildman–Crippen MR) is 83.7 cm³/mol. The van der Waals surface area contributed by atoms with E-state index in [-0.39, 0.29) is 18.7 Å². The molecular weight excluding hydrogens is 319 g/mol. The summed E-state index contributed by atoms with van der Waals surface area (Å²) in [5, 5.41) is 11.5. The van der Waals surface area contributed by atoms with Crippen LogP contribution < -0.4 is 5.32 Å². The largest absolute Gasteiger partial charge is 0.478 e. The Morgan fingerprint density at radius 2 is 2.00 bits per heavy atom. The van der Waals surface area contributed by atoms with Crippen molar-refractivity contribution in [1.82, 2.24) is 10.3 Å². The molecule has 2 N–H and O–H groups in total. The number of hydrogen-bond acceptors (Lipinski definition) is 5. The lowest BCUT2D eigenvalue weighted by Gasteiger charge is -2.19. The Morgan fingerprint density at radius 1 is 1.33 bits per heavy atom. The van der Waals surface area contributed by atoms with Gasteiger partial charge in [-0.1, -0.05) is 0 Å². The number of halogens is 1. The highest BCUT2D eigenvalue weighted by Crippen LogP contribution is 2.09. The minimum absolute atomic E-state index is 0.0742. The van der Waals surface area contributed by atoms with E-state index in [4.69, 9.17) is 9.84 Å². The molecule has 0 aromatic carbocycles. The van der Waals surface area contributed by atoms with Gasteiger partial charge in [0.1, 0.15) is 17.0 Å². The molecular formula is C16H19FN2O5. The second kappa shape index (κ2) is 8.19. The molecule has 0 spiro atoms. The second-order valence-electron chi connectivity index (χ2n) is 5.87. The van der Waals surface area contributed by atoms with Crippen LogP contribution in [0.4, 0.5) is 9.18 Å². The van der Waals surface area contributed by atoms with Gasteiger partial charge in [-0.2, -0.15) is 0 Å². The molecule has 0 bridgehead atoms. The third-order valence-electron chi connectivity index (χ3n) is 2.59. The van der Waals surface area contributed by atoms with Crippen molar-refractivity contribution in [3.63, 3.8) is 0 Å². The van der Waals surface area contributed by atoms with Crippen LogP contribution in [0.1, 0.15) is 32.9 Å². The molecule has 24 heavy (non-hydrogen) atoms. The van der Waals surface area contributed by atoms with Gasteiger partial charge < -0.3 is 15.2 Å². The van der Waals surface area contributed by atoms with Crippen molar-refractivity contribution in [1.29, 1.82) is 0 Å². The van der Waals surface area contributed by atoms with Crippen LogP contribution in [0.25, 0.3) is 6.08 Å². The molecule has 0 aliphatic heterocycles. The third kappa shape index (κ3) is 6.99. The fourth-order valence-corrected chi connectivity index (χ4v) is 1.61. The number of pyridine rings is 1. The Kier molecular flexibility index (Phi) is 6.58. The molecule has 0 saturated carbocycles. The molecule has 1 rings (SSSR count). The van der Waals surface area contributed by atoms with E-state index in [1.807, 2.05) is 0 Å². The van der Waals surface area contributed by atoms with Crippen LogP contribution in [-0.2, 0) is 14.3 Å². The fraction of sp³-hybridized carbons (Fsp3) is 0.375. The molecule has 1 aromatic heterocycles. The van der Waals surface area contributed by atoms with E-state index in [1.54, 1.807) is 20.8 Å². The van der Waals surface area contributed by atoms with Crippen LogP contribution in [0, 0.1) is 5.82 Å². The van der Waals surface area contributed by atoms with Crippen molar-refractivity contribution in [2.24, 2.45) is 0 Å². The third-order valence-corrected chi connectivity index (χ3v) is 2.59. The molecule has 1 heterocycles. The monoisotopic (exact) mass is 338 g/mol. The van der Waals surface area contributed by atoms with Gasteiger partial charge in [0.05, 0.1) is 11.9 Å². The first-order chi connectivity index (χ1) is 11.1. The van der Waals surface area contributed by atoms with Gasteiger partial charge in [0.15, 0.2) is 5.78 Å². The van der Waals surface area contributed by atoms with Crippen LogP contribution in [-0.4, -0.2) is 40.1 Å². The van der Waals surface area contributed by atoms with Gasteiger partial charge in [-0.3, -0.25) is 9.78 Å². The zero-order valence-electron chi connectivity index (χ0n) is 13.6. The Balaban J connectivity index is 2.66. The van der Waals surface area contributed by atoms with Crippen molar-refractivity contribution < 1.29 is 28.6 Å². The number of aromatic nitrogens is 1. The highest BCUT2D eigenvalue weighted by molar-refractivity contribution is 6.19. The Hall–Kier alpha value is -2.77. The van der Waals surface area contributed by atoms with Gasteiger partial charge in [-0.25, -0.2) is 14.0 Å². The Bertz CT molecular complexity index is 647. The van der Waals surface area contributed by atoms with Crippen molar-refractivity contribution in [2.45, 2.75) is 32.8 Å². The fourth-order valence-electron chi connectivity index (χ4n) is 1.61. The number of nitrogens with zero attached hydrogens (tertiary/aromatic N) is 1. The molecule has 0 unspecified atom stereocenters. The molecule has 1 amide bonds. The lowest BCUT2D eigenvalue weighted by molar-refractivity contribution is -0.134. The summed E-state index contributed by atoms with van der Waals surface area (Å²) in [5.41, 5.74) is -1.03. The number of rotatable bonds is 6. The summed E-state index contributed by atoms with van der Waals surface area (Å²) in [6, 6.07) is 2.36. The molecule has 130 valence electrons. The molecule has 0 aliphatic carbocycles. The van der Waals surface area contributed by atoms with E-state index in [2.05, 4.69) is 10.3 Å². The van der Waals surface area contributed by atoms with Gasteiger partial charge in [-0.15, -0.1) is 0 Å². The van der Waals surface area contributed by atoms with Crippen LogP contribution in [0.3, 0.4) is 0 Å². The maximum atomic E-state index is 12.8. The summed E-state index contributed by atoms with van der Waals surface area (Å²) >= 11 is 0. The normalized spacial score (nSPS) is 11.8. The van der Waals surface area contributed by atoms with Gasteiger partial charge in [-0.05, 0) is 39.0 Å². The number of carboxylic acids is 1. The number of ketones is 1. The number of hydrogen-bond donors (Lipinski definition) is 2. The number of alkyl carbamates (subject to hydrolysis) is 1. The predicted octanol–water partition coefficient (Wildman–Crippen LogP) is 2.17. The number of ether oxygens (including phenoxy) is 1. The Morgan fingerprint density at radius 3 is 2.50 bits per heavy atom. The van der Waals surface area contributed by atoms with E-state index in [1.165, 1.54) is 6.07 Å². The van der Waals surface area contributed by atoms with Gasteiger partial charge >= 0.3 is 12.1 Å². The summed E-state index contributed by atoms with van der Waals surface area (Å²) in [7, 11) is 0. The first-order valence-corrected chi connectivity index (χ1v) is 7.15. The van der Waals surface area contributed by atoms with E-state index in [0.29, 0.717) is 0 Å². The summed E-state index contributed by atoms with van der Waals surface area (Å²) in [6.07, 6.45) is 1.05. The number of carbonyl (C=O) groups is 3. The summed E-state index contributed by atoms with van der Waals surface area (Å²) in [6.45, 7) is 5.01. The molecule has 8 heteroatoms. The van der Waals surface area contributed by atoms with E-state index < -0.39 is 34.8 Å². The van der Waals surface area contributed by atoms with Crippen LogP contribution in [0.2, 0.25) is 0 Å². The van der Waals surface area contributed by atoms with Gasteiger partial charge in [0.2, 0.25) is 0 Å². The lowest BCUT2D eigenvalue weighted by atomic mass is 10.1. The molecule has 0 radical (unpaired) electrons. The molecule has 0 aliphatic rings. The molecule has 0 saturated heterocycles. The maximum absolute atomic E-state index is 12.8. The minimum atomic E-state index is -1.43. The highest BCUT2D eigenvalue weighted by Gasteiger charge is 2.19. The van der Waals surface area contributed by atoms with Crippen LogP contribution in [0.15, 0.2) is 23.9 Å². The van der Waals surface area contributed by atoms with Crippen molar-refractivity contribution in [3.05, 3.63) is 35.4 Å². The molecule has 1 aromatic rings. The zero-order valence-corrected chi connectivity index (χ0v) is 13.6. The van der Waals surface area contributed by atoms with E-state index in [9.17, 15) is 18.8 Å². The number of amides is 1. The summed E-state index contributed by atoms with van der Waals surface area (Å²) in [4.78, 5) is 38.3. The van der Waals surface area contributed by atoms with Crippen molar-refractivity contribution >= 4 is 23.9 Å². The summed E-state index contributed by atoms with van der Waals surface area (Å²) < 4.78 is 17.8. The average Bonchev–Trinajstić information content (AvgIpc) is 2.44. The van der Waals surface area contributed by atoms with E-state index >= 15 is 0 Å². The van der Waals surface area contributed by atoms with Gasteiger partial charge in [0, 0.05) is 13.0 Å². The average molecular weight is 338 g/mol. The SMILES string of the molecule is CC(C)(C)OC(=O)NCCC(=O)/C(=C\c1ccc(F)cn1)C(=O)O. The molecule has 0 fully saturated rings. The number of carbonyl (C=O) groups excluding carboxylic acids is 2. The number of Topliss-reactive ketones (excluding diaryl/α,β-unsaturated/α-hetero) is 1. The minimum Gasteiger partial charge on any atom is -0.478 e.